The van der Waals surface area contributed by atoms with E-state index >= 15 is 0 Å². The zero-order valence-corrected chi connectivity index (χ0v) is 17.6. The van der Waals surface area contributed by atoms with Crippen LogP contribution in [0.3, 0.4) is 0 Å². The van der Waals surface area contributed by atoms with Crippen LogP contribution >= 0.6 is 11.6 Å². The summed E-state index contributed by atoms with van der Waals surface area (Å²) in [6, 6.07) is 7.19. The summed E-state index contributed by atoms with van der Waals surface area (Å²) in [4.78, 5) is 24.5. The molecule has 0 aromatic heterocycles. The van der Waals surface area contributed by atoms with Crippen LogP contribution in [0.15, 0.2) is 24.3 Å². The van der Waals surface area contributed by atoms with Gasteiger partial charge in [-0.3, -0.25) is 9.59 Å². The van der Waals surface area contributed by atoms with Gasteiger partial charge in [0.15, 0.2) is 0 Å². The van der Waals surface area contributed by atoms with E-state index in [0.29, 0.717) is 5.02 Å². The Bertz CT molecular complexity index is 710. The Hall–Kier alpha value is -1.55. The Kier molecular flexibility index (Phi) is 5.43. The summed E-state index contributed by atoms with van der Waals surface area (Å²) in [6.07, 6.45) is 8.27. The summed E-state index contributed by atoms with van der Waals surface area (Å²) in [5.41, 5.74) is 1.19. The van der Waals surface area contributed by atoms with Gasteiger partial charge in [0, 0.05) is 18.0 Å². The molecule has 152 valence electrons. The predicted octanol–water partition coefficient (Wildman–Crippen LogP) is 4.63. The Balaban J connectivity index is 1.42. The van der Waals surface area contributed by atoms with Crippen molar-refractivity contribution in [2.75, 3.05) is 0 Å². The lowest BCUT2D eigenvalue weighted by Crippen LogP contribution is -2.56. The molecular weight excluding hydrogens is 372 g/mol. The molecule has 4 aliphatic rings. The molecule has 0 radical (unpaired) electrons. The molecule has 0 spiro atoms. The second-order valence-electron chi connectivity index (χ2n) is 9.58. The molecule has 1 aromatic carbocycles. The van der Waals surface area contributed by atoms with Gasteiger partial charge in [0.2, 0.25) is 11.8 Å². The number of halogens is 1. The van der Waals surface area contributed by atoms with E-state index in [1.54, 1.807) is 12.1 Å². The van der Waals surface area contributed by atoms with E-state index in [1.807, 2.05) is 12.1 Å². The van der Waals surface area contributed by atoms with Crippen LogP contribution in [0.25, 0.3) is 0 Å². The first kappa shape index (κ1) is 19.8. The van der Waals surface area contributed by atoms with Crippen LogP contribution in [0, 0.1) is 23.2 Å². The van der Waals surface area contributed by atoms with Crippen LogP contribution in [0.2, 0.25) is 5.02 Å². The number of amides is 2. The van der Waals surface area contributed by atoms with Crippen LogP contribution in [0.5, 0.6) is 0 Å². The van der Waals surface area contributed by atoms with E-state index in [0.717, 1.165) is 23.3 Å². The first-order valence-electron chi connectivity index (χ1n) is 10.6. The third kappa shape index (κ3) is 4.07. The standard InChI is InChI=1S/C23H31ClN2O2/c1-14(23-11-16-7-17(12-23)9-18(8-16)13-23)25-22(28)10-21(26-15(2)27)19-3-5-20(24)6-4-19/h3-6,14,16-18,21H,7-13H2,1-2H3,(H,25,28)(H,26,27). The zero-order chi connectivity index (χ0) is 19.9. The van der Waals surface area contributed by atoms with Gasteiger partial charge in [-0.1, -0.05) is 23.7 Å². The lowest BCUT2D eigenvalue weighted by Gasteiger charge is -2.59. The van der Waals surface area contributed by atoms with Gasteiger partial charge in [0.05, 0.1) is 12.5 Å². The summed E-state index contributed by atoms with van der Waals surface area (Å²) in [6.45, 7) is 3.68. The van der Waals surface area contributed by atoms with Crippen LogP contribution in [0.4, 0.5) is 0 Å². The second-order valence-corrected chi connectivity index (χ2v) is 10.0. The van der Waals surface area contributed by atoms with E-state index in [4.69, 9.17) is 11.6 Å². The fourth-order valence-corrected chi connectivity index (χ4v) is 6.67. The highest BCUT2D eigenvalue weighted by atomic mass is 35.5. The Labute approximate surface area is 172 Å². The normalized spacial score (nSPS) is 32.6. The van der Waals surface area contributed by atoms with Gasteiger partial charge in [-0.15, -0.1) is 0 Å². The van der Waals surface area contributed by atoms with E-state index < -0.39 is 0 Å². The minimum absolute atomic E-state index is 0.0111. The summed E-state index contributed by atoms with van der Waals surface area (Å²) in [5.74, 6) is 2.48. The zero-order valence-electron chi connectivity index (χ0n) is 16.8. The van der Waals surface area contributed by atoms with Crippen molar-refractivity contribution in [2.45, 2.75) is 70.9 Å². The third-order valence-electron chi connectivity index (χ3n) is 7.42. The van der Waals surface area contributed by atoms with E-state index in [-0.39, 0.29) is 35.7 Å². The highest BCUT2D eigenvalue weighted by molar-refractivity contribution is 6.30. The third-order valence-corrected chi connectivity index (χ3v) is 7.67. The molecule has 0 heterocycles. The molecule has 2 atom stereocenters. The smallest absolute Gasteiger partial charge is 0.222 e. The van der Waals surface area contributed by atoms with Gasteiger partial charge in [-0.2, -0.15) is 0 Å². The molecule has 4 nitrogen and oxygen atoms in total. The number of hydrogen-bond acceptors (Lipinski definition) is 2. The van der Waals surface area contributed by atoms with Crippen LogP contribution in [-0.2, 0) is 9.59 Å². The summed E-state index contributed by atoms with van der Waals surface area (Å²) < 4.78 is 0. The SMILES string of the molecule is CC(=O)NC(CC(=O)NC(C)C12CC3CC(CC(C3)C1)C2)c1ccc(Cl)cc1. The molecule has 4 bridgehead atoms. The van der Waals surface area contributed by atoms with Crippen molar-refractivity contribution in [1.29, 1.82) is 0 Å². The van der Waals surface area contributed by atoms with Crippen molar-refractivity contribution in [3.05, 3.63) is 34.9 Å². The van der Waals surface area contributed by atoms with Crippen molar-refractivity contribution in [3.8, 4) is 0 Å². The molecule has 4 fully saturated rings. The molecule has 5 heteroatoms. The summed E-state index contributed by atoms with van der Waals surface area (Å²) in [7, 11) is 0. The first-order valence-corrected chi connectivity index (χ1v) is 11.0. The molecule has 1 aromatic rings. The highest BCUT2D eigenvalue weighted by Gasteiger charge is 2.53. The van der Waals surface area contributed by atoms with Crippen LogP contribution in [0.1, 0.15) is 70.4 Å². The number of carbonyl (C=O) groups is 2. The molecule has 5 rings (SSSR count). The van der Waals surface area contributed by atoms with Crippen molar-refractivity contribution in [1.82, 2.24) is 10.6 Å². The molecule has 0 aliphatic heterocycles. The van der Waals surface area contributed by atoms with E-state index in [9.17, 15) is 9.59 Å². The van der Waals surface area contributed by atoms with Crippen molar-refractivity contribution >= 4 is 23.4 Å². The second kappa shape index (κ2) is 7.70. The number of rotatable bonds is 6. The number of benzene rings is 1. The van der Waals surface area contributed by atoms with Crippen molar-refractivity contribution in [2.24, 2.45) is 23.2 Å². The van der Waals surface area contributed by atoms with Crippen molar-refractivity contribution in [3.63, 3.8) is 0 Å². The largest absolute Gasteiger partial charge is 0.353 e. The van der Waals surface area contributed by atoms with Gasteiger partial charge in [-0.25, -0.2) is 0 Å². The van der Waals surface area contributed by atoms with E-state index in [1.165, 1.54) is 45.4 Å². The minimum atomic E-state index is -0.335. The number of hydrogen-bond donors (Lipinski definition) is 2. The average Bonchev–Trinajstić information content (AvgIpc) is 2.60. The fraction of sp³-hybridized carbons (Fsp3) is 0.652. The van der Waals surface area contributed by atoms with E-state index in [2.05, 4.69) is 17.6 Å². The molecule has 4 aliphatic carbocycles. The molecule has 2 unspecified atom stereocenters. The first-order chi connectivity index (χ1) is 13.3. The summed E-state index contributed by atoms with van der Waals surface area (Å²) >= 11 is 5.98. The van der Waals surface area contributed by atoms with Gasteiger partial charge in [0.25, 0.3) is 0 Å². The van der Waals surface area contributed by atoms with Gasteiger partial charge >= 0.3 is 0 Å². The molecule has 2 N–H and O–H groups in total. The maximum absolute atomic E-state index is 12.9. The quantitative estimate of drug-likeness (QED) is 0.728. The maximum atomic E-state index is 12.9. The number of carbonyl (C=O) groups excluding carboxylic acids is 2. The summed E-state index contributed by atoms with van der Waals surface area (Å²) in [5, 5.41) is 6.86. The fourth-order valence-electron chi connectivity index (χ4n) is 6.54. The maximum Gasteiger partial charge on any atom is 0.222 e. The average molecular weight is 403 g/mol. The molecule has 2 amide bonds. The minimum Gasteiger partial charge on any atom is -0.353 e. The monoisotopic (exact) mass is 402 g/mol. The lowest BCUT2D eigenvalue weighted by molar-refractivity contribution is -0.126. The number of nitrogens with one attached hydrogen (secondary N) is 2. The highest BCUT2D eigenvalue weighted by Crippen LogP contribution is 2.61. The molecular formula is C23H31ClN2O2. The lowest BCUT2D eigenvalue weighted by atomic mass is 9.48. The molecule has 0 saturated heterocycles. The van der Waals surface area contributed by atoms with Crippen molar-refractivity contribution < 1.29 is 9.59 Å². The predicted molar refractivity (Wildman–Crippen MR) is 111 cm³/mol. The Morgan fingerprint density at radius 2 is 1.57 bits per heavy atom. The van der Waals surface area contributed by atoms with Gasteiger partial charge in [-0.05, 0) is 86.3 Å². The van der Waals surface area contributed by atoms with Gasteiger partial charge < -0.3 is 10.6 Å². The van der Waals surface area contributed by atoms with Crippen LogP contribution in [-0.4, -0.2) is 17.9 Å². The Morgan fingerprint density at radius 3 is 2.07 bits per heavy atom. The molecule has 28 heavy (non-hydrogen) atoms. The Morgan fingerprint density at radius 1 is 1.04 bits per heavy atom. The van der Waals surface area contributed by atoms with Crippen LogP contribution < -0.4 is 10.6 Å². The molecule has 4 saturated carbocycles. The van der Waals surface area contributed by atoms with Gasteiger partial charge in [0.1, 0.15) is 0 Å². The topological polar surface area (TPSA) is 58.2 Å².